The summed E-state index contributed by atoms with van der Waals surface area (Å²) >= 11 is 0. The molecule has 1 aromatic rings. The standard InChI is InChI=1S/C19H28N2O3/c1-24-18-9-5-4-8-16(18)20-19(23)21(12-13-22)17-11-10-14-6-2-3-7-15(14)17/h2-3,6-7,16-18,22H,4-5,8-13H2,1H3,(H,20,23). The van der Waals surface area contributed by atoms with Crippen molar-refractivity contribution in [2.24, 2.45) is 0 Å². The van der Waals surface area contributed by atoms with Crippen LogP contribution in [0.5, 0.6) is 0 Å². The second-order valence-electron chi connectivity index (χ2n) is 6.78. The molecule has 0 bridgehead atoms. The van der Waals surface area contributed by atoms with Crippen molar-refractivity contribution in [3.63, 3.8) is 0 Å². The molecule has 24 heavy (non-hydrogen) atoms. The Labute approximate surface area is 144 Å². The van der Waals surface area contributed by atoms with Crippen LogP contribution in [0.25, 0.3) is 0 Å². The lowest BCUT2D eigenvalue weighted by Crippen LogP contribution is -2.52. The highest BCUT2D eigenvalue weighted by Crippen LogP contribution is 2.35. The Morgan fingerprint density at radius 2 is 2.08 bits per heavy atom. The number of nitrogens with zero attached hydrogens (tertiary/aromatic N) is 1. The summed E-state index contributed by atoms with van der Waals surface area (Å²) in [7, 11) is 1.72. The lowest BCUT2D eigenvalue weighted by Gasteiger charge is -2.35. The van der Waals surface area contributed by atoms with Gasteiger partial charge in [-0.15, -0.1) is 0 Å². The molecular formula is C19H28N2O3. The number of nitrogens with one attached hydrogen (secondary N) is 1. The zero-order valence-corrected chi connectivity index (χ0v) is 14.4. The number of amides is 2. The maximum absolute atomic E-state index is 12.9. The fraction of sp³-hybridized carbons (Fsp3) is 0.632. The van der Waals surface area contributed by atoms with Crippen LogP contribution in [-0.2, 0) is 11.2 Å². The van der Waals surface area contributed by atoms with Crippen LogP contribution in [-0.4, -0.2) is 48.4 Å². The van der Waals surface area contributed by atoms with Gasteiger partial charge in [-0.05, 0) is 36.8 Å². The predicted octanol–water partition coefficient (Wildman–Crippen LogP) is 2.64. The van der Waals surface area contributed by atoms with Crippen molar-refractivity contribution in [1.82, 2.24) is 10.2 Å². The summed E-state index contributed by atoms with van der Waals surface area (Å²) in [4.78, 5) is 14.7. The first-order valence-electron chi connectivity index (χ1n) is 9.03. The molecule has 0 heterocycles. The van der Waals surface area contributed by atoms with Crippen LogP contribution in [0.1, 0.15) is 49.3 Å². The van der Waals surface area contributed by atoms with Crippen LogP contribution >= 0.6 is 0 Å². The van der Waals surface area contributed by atoms with Crippen molar-refractivity contribution in [2.75, 3.05) is 20.3 Å². The normalized spacial score (nSPS) is 26.0. The van der Waals surface area contributed by atoms with E-state index in [-0.39, 0.29) is 30.8 Å². The first-order chi connectivity index (χ1) is 11.7. The van der Waals surface area contributed by atoms with E-state index in [1.807, 2.05) is 12.1 Å². The first-order valence-corrected chi connectivity index (χ1v) is 9.03. The minimum atomic E-state index is -0.0836. The van der Waals surface area contributed by atoms with Gasteiger partial charge in [-0.1, -0.05) is 37.1 Å². The number of rotatable bonds is 5. The van der Waals surface area contributed by atoms with Crippen LogP contribution in [0.2, 0.25) is 0 Å². The summed E-state index contributed by atoms with van der Waals surface area (Å²) in [6.45, 7) is 0.333. The predicted molar refractivity (Wildman–Crippen MR) is 92.9 cm³/mol. The minimum absolute atomic E-state index is 0.0234. The van der Waals surface area contributed by atoms with Crippen LogP contribution in [0, 0.1) is 0 Å². The second kappa shape index (κ2) is 7.99. The minimum Gasteiger partial charge on any atom is -0.395 e. The molecule has 2 aliphatic rings. The van der Waals surface area contributed by atoms with E-state index >= 15 is 0 Å². The van der Waals surface area contributed by atoms with Gasteiger partial charge in [0.1, 0.15) is 0 Å². The molecule has 3 rings (SSSR count). The molecule has 3 atom stereocenters. The number of carbonyl (C=O) groups excluding carboxylic acids is 1. The number of hydrogen-bond acceptors (Lipinski definition) is 3. The molecule has 5 nitrogen and oxygen atoms in total. The van der Waals surface area contributed by atoms with Gasteiger partial charge < -0.3 is 20.1 Å². The maximum atomic E-state index is 12.9. The molecule has 2 amide bonds. The topological polar surface area (TPSA) is 61.8 Å². The highest BCUT2D eigenvalue weighted by molar-refractivity contribution is 5.75. The van der Waals surface area contributed by atoms with Gasteiger partial charge in [-0.2, -0.15) is 0 Å². The third-order valence-electron chi connectivity index (χ3n) is 5.39. The summed E-state index contributed by atoms with van der Waals surface area (Å²) < 4.78 is 5.54. The van der Waals surface area contributed by atoms with Crippen LogP contribution in [0.4, 0.5) is 4.79 Å². The van der Waals surface area contributed by atoms with Gasteiger partial charge in [0.25, 0.3) is 0 Å². The molecule has 0 radical (unpaired) electrons. The summed E-state index contributed by atoms with van der Waals surface area (Å²) in [5.41, 5.74) is 2.53. The van der Waals surface area contributed by atoms with Gasteiger partial charge in [0, 0.05) is 13.7 Å². The Morgan fingerprint density at radius 3 is 2.88 bits per heavy atom. The molecule has 1 fully saturated rings. The second-order valence-corrected chi connectivity index (χ2v) is 6.78. The molecule has 0 aliphatic heterocycles. The maximum Gasteiger partial charge on any atom is 0.318 e. The summed E-state index contributed by atoms with van der Waals surface area (Å²) in [5.74, 6) is 0. The van der Waals surface area contributed by atoms with E-state index in [2.05, 4.69) is 17.4 Å². The van der Waals surface area contributed by atoms with Crippen molar-refractivity contribution in [3.05, 3.63) is 35.4 Å². The van der Waals surface area contributed by atoms with Gasteiger partial charge in [-0.3, -0.25) is 0 Å². The van der Waals surface area contributed by atoms with Crippen molar-refractivity contribution in [2.45, 2.75) is 56.7 Å². The SMILES string of the molecule is COC1CCCCC1NC(=O)N(CCO)C1CCc2ccccc21. The summed E-state index contributed by atoms with van der Waals surface area (Å²) in [6.07, 6.45) is 6.23. The summed E-state index contributed by atoms with van der Waals surface area (Å²) in [6, 6.07) is 8.33. The Balaban J connectivity index is 1.72. The van der Waals surface area contributed by atoms with Gasteiger partial charge in [0.15, 0.2) is 0 Å². The van der Waals surface area contributed by atoms with Crippen molar-refractivity contribution in [3.8, 4) is 0 Å². The number of methoxy groups -OCH3 is 1. The van der Waals surface area contributed by atoms with Crippen molar-refractivity contribution in [1.29, 1.82) is 0 Å². The molecule has 1 saturated carbocycles. The van der Waals surface area contributed by atoms with Gasteiger partial charge >= 0.3 is 6.03 Å². The number of aliphatic hydroxyl groups excluding tert-OH is 1. The third-order valence-corrected chi connectivity index (χ3v) is 5.39. The van der Waals surface area contributed by atoms with E-state index in [4.69, 9.17) is 4.74 Å². The number of carbonyl (C=O) groups is 1. The molecule has 0 saturated heterocycles. The Morgan fingerprint density at radius 1 is 1.29 bits per heavy atom. The molecule has 3 unspecified atom stereocenters. The molecule has 132 valence electrons. The van der Waals surface area contributed by atoms with Gasteiger partial charge in [0.2, 0.25) is 0 Å². The van der Waals surface area contributed by atoms with Gasteiger partial charge in [-0.25, -0.2) is 4.79 Å². The average Bonchev–Trinajstić information content (AvgIpc) is 3.04. The quantitative estimate of drug-likeness (QED) is 0.871. The zero-order valence-electron chi connectivity index (χ0n) is 14.4. The van der Waals surface area contributed by atoms with Crippen molar-refractivity contribution >= 4 is 6.03 Å². The third kappa shape index (κ3) is 3.57. The Kier molecular flexibility index (Phi) is 5.74. The molecule has 0 aromatic heterocycles. The fourth-order valence-corrected chi connectivity index (χ4v) is 4.15. The van der Waals surface area contributed by atoms with E-state index in [0.29, 0.717) is 6.54 Å². The number of hydrogen-bond donors (Lipinski definition) is 2. The first kappa shape index (κ1) is 17.2. The molecule has 2 N–H and O–H groups in total. The number of aryl methyl sites for hydroxylation is 1. The lowest BCUT2D eigenvalue weighted by atomic mass is 9.92. The molecule has 2 aliphatic carbocycles. The number of benzene rings is 1. The van der Waals surface area contributed by atoms with E-state index in [1.165, 1.54) is 11.1 Å². The number of aliphatic hydroxyl groups is 1. The zero-order chi connectivity index (χ0) is 16.9. The highest BCUT2D eigenvalue weighted by Gasteiger charge is 2.33. The number of fused-ring (bicyclic) bond motifs is 1. The molecular weight excluding hydrogens is 304 g/mol. The van der Waals surface area contributed by atoms with Gasteiger partial charge in [0.05, 0.1) is 24.8 Å². The van der Waals surface area contributed by atoms with E-state index < -0.39 is 0 Å². The molecule has 1 aromatic carbocycles. The lowest BCUT2D eigenvalue weighted by molar-refractivity contribution is 0.0415. The Bertz CT molecular complexity index is 563. The smallest absolute Gasteiger partial charge is 0.318 e. The van der Waals surface area contributed by atoms with E-state index in [1.54, 1.807) is 12.0 Å². The largest absolute Gasteiger partial charge is 0.395 e. The van der Waals surface area contributed by atoms with E-state index in [9.17, 15) is 9.90 Å². The average molecular weight is 332 g/mol. The molecule has 0 spiro atoms. The summed E-state index contributed by atoms with van der Waals surface area (Å²) in [5, 5.41) is 12.6. The van der Waals surface area contributed by atoms with E-state index in [0.717, 1.165) is 38.5 Å². The number of urea groups is 1. The highest BCUT2D eigenvalue weighted by atomic mass is 16.5. The van der Waals surface area contributed by atoms with Crippen LogP contribution < -0.4 is 5.32 Å². The monoisotopic (exact) mass is 332 g/mol. The van der Waals surface area contributed by atoms with Crippen LogP contribution in [0.3, 0.4) is 0 Å². The Hall–Kier alpha value is -1.59. The number of ether oxygens (including phenoxy) is 1. The molecule has 5 heteroatoms. The van der Waals surface area contributed by atoms with Crippen molar-refractivity contribution < 1.29 is 14.6 Å². The fourth-order valence-electron chi connectivity index (χ4n) is 4.15. The van der Waals surface area contributed by atoms with Crippen LogP contribution in [0.15, 0.2) is 24.3 Å².